The van der Waals surface area contributed by atoms with Gasteiger partial charge in [0.25, 0.3) is 5.56 Å². The number of para-hydroxylation sites is 2. The molecule has 0 spiro atoms. The summed E-state index contributed by atoms with van der Waals surface area (Å²) < 4.78 is 18.5. The number of thioether (sulfide) groups is 1. The standard InChI is InChI=1S/C22H22N2O4S/c1-26-16-10-8-15(9-11-16)14-17-20(28-19-7-4-3-6-18(19)27-2)23-22-24(21(17)25)12-5-13-29-22/h3-4,6-11H,5,12-14H2,1-2H3. The third kappa shape index (κ3) is 4.10. The van der Waals surface area contributed by atoms with E-state index in [0.29, 0.717) is 41.1 Å². The van der Waals surface area contributed by atoms with Crippen molar-refractivity contribution in [1.82, 2.24) is 9.55 Å². The van der Waals surface area contributed by atoms with Crippen LogP contribution in [0.5, 0.6) is 23.1 Å². The molecule has 7 heteroatoms. The molecular formula is C22H22N2O4S. The predicted molar refractivity (Wildman–Crippen MR) is 113 cm³/mol. The lowest BCUT2D eigenvalue weighted by molar-refractivity contribution is 0.367. The molecule has 29 heavy (non-hydrogen) atoms. The van der Waals surface area contributed by atoms with Gasteiger partial charge >= 0.3 is 0 Å². The molecule has 1 aliphatic heterocycles. The second kappa shape index (κ2) is 8.61. The zero-order chi connectivity index (χ0) is 20.2. The number of fused-ring (bicyclic) bond motifs is 1. The SMILES string of the molecule is COc1ccc(Cc2c(Oc3ccccc3OC)nc3n(c2=O)CCCS3)cc1. The fourth-order valence-corrected chi connectivity index (χ4v) is 4.17. The van der Waals surface area contributed by atoms with Gasteiger partial charge in [0.2, 0.25) is 5.88 Å². The summed E-state index contributed by atoms with van der Waals surface area (Å²) in [6, 6.07) is 15.0. The number of nitrogens with zero attached hydrogens (tertiary/aromatic N) is 2. The lowest BCUT2D eigenvalue weighted by atomic mass is 10.1. The Balaban J connectivity index is 1.77. The van der Waals surface area contributed by atoms with Crippen LogP contribution in [0.4, 0.5) is 0 Å². The van der Waals surface area contributed by atoms with Crippen molar-refractivity contribution >= 4 is 11.8 Å². The van der Waals surface area contributed by atoms with Crippen LogP contribution in [0.3, 0.4) is 0 Å². The van der Waals surface area contributed by atoms with E-state index in [9.17, 15) is 4.79 Å². The van der Waals surface area contributed by atoms with E-state index in [1.54, 1.807) is 30.5 Å². The van der Waals surface area contributed by atoms with E-state index in [4.69, 9.17) is 19.2 Å². The lowest BCUT2D eigenvalue weighted by Crippen LogP contribution is -2.29. The molecule has 0 amide bonds. The Kier molecular flexibility index (Phi) is 5.76. The third-order valence-corrected chi connectivity index (χ3v) is 5.83. The first-order valence-electron chi connectivity index (χ1n) is 9.40. The van der Waals surface area contributed by atoms with Gasteiger partial charge in [-0.25, -0.2) is 0 Å². The van der Waals surface area contributed by atoms with Gasteiger partial charge in [-0.2, -0.15) is 4.98 Å². The van der Waals surface area contributed by atoms with E-state index in [1.165, 1.54) is 0 Å². The van der Waals surface area contributed by atoms with Crippen LogP contribution < -0.4 is 19.8 Å². The van der Waals surface area contributed by atoms with Gasteiger partial charge in [-0.1, -0.05) is 36.0 Å². The number of benzene rings is 2. The van der Waals surface area contributed by atoms with E-state index in [2.05, 4.69) is 0 Å². The van der Waals surface area contributed by atoms with Gasteiger partial charge < -0.3 is 14.2 Å². The van der Waals surface area contributed by atoms with E-state index in [1.807, 2.05) is 48.5 Å². The van der Waals surface area contributed by atoms with Crippen molar-refractivity contribution < 1.29 is 14.2 Å². The minimum absolute atomic E-state index is 0.0529. The van der Waals surface area contributed by atoms with Crippen LogP contribution in [0.2, 0.25) is 0 Å². The van der Waals surface area contributed by atoms with Crippen LogP contribution in [0.25, 0.3) is 0 Å². The maximum Gasteiger partial charge on any atom is 0.261 e. The molecule has 0 fully saturated rings. The van der Waals surface area contributed by atoms with Gasteiger partial charge in [-0.3, -0.25) is 9.36 Å². The molecule has 0 atom stereocenters. The maximum atomic E-state index is 13.3. The molecule has 1 aliphatic rings. The number of rotatable bonds is 6. The predicted octanol–water partition coefficient (Wildman–Crippen LogP) is 4.14. The van der Waals surface area contributed by atoms with Crippen LogP contribution >= 0.6 is 11.8 Å². The first-order valence-corrected chi connectivity index (χ1v) is 10.4. The molecule has 4 rings (SSSR count). The summed E-state index contributed by atoms with van der Waals surface area (Å²) in [4.78, 5) is 18.0. The van der Waals surface area contributed by atoms with Gasteiger partial charge in [0.15, 0.2) is 16.7 Å². The Morgan fingerprint density at radius 2 is 1.79 bits per heavy atom. The van der Waals surface area contributed by atoms with Crippen LogP contribution in [-0.2, 0) is 13.0 Å². The molecule has 6 nitrogen and oxygen atoms in total. The monoisotopic (exact) mass is 410 g/mol. The van der Waals surface area contributed by atoms with Crippen molar-refractivity contribution in [2.45, 2.75) is 24.5 Å². The summed E-state index contributed by atoms with van der Waals surface area (Å²) in [7, 11) is 3.22. The van der Waals surface area contributed by atoms with Crippen molar-refractivity contribution in [3.05, 3.63) is 70.0 Å². The van der Waals surface area contributed by atoms with E-state index in [-0.39, 0.29) is 5.56 Å². The second-order valence-corrected chi connectivity index (χ2v) is 7.68. The van der Waals surface area contributed by atoms with Crippen LogP contribution in [0, 0.1) is 0 Å². The van der Waals surface area contributed by atoms with Crippen molar-refractivity contribution in [3.8, 4) is 23.1 Å². The summed E-state index contributed by atoms with van der Waals surface area (Å²) >= 11 is 1.58. The van der Waals surface area contributed by atoms with E-state index < -0.39 is 0 Å². The van der Waals surface area contributed by atoms with E-state index >= 15 is 0 Å². The van der Waals surface area contributed by atoms with Crippen LogP contribution in [0.1, 0.15) is 17.5 Å². The van der Waals surface area contributed by atoms with Gasteiger partial charge in [-0.05, 0) is 36.2 Å². The minimum Gasteiger partial charge on any atom is -0.497 e. The fourth-order valence-electron chi connectivity index (χ4n) is 3.24. The summed E-state index contributed by atoms with van der Waals surface area (Å²) in [5.74, 6) is 3.17. The maximum absolute atomic E-state index is 13.3. The second-order valence-electron chi connectivity index (χ2n) is 6.61. The first-order chi connectivity index (χ1) is 14.2. The number of hydrogen-bond donors (Lipinski definition) is 0. The molecule has 3 aromatic rings. The van der Waals surface area contributed by atoms with Gasteiger partial charge in [0.05, 0.1) is 19.8 Å². The third-order valence-electron chi connectivity index (χ3n) is 4.76. The summed E-state index contributed by atoms with van der Waals surface area (Å²) in [5, 5.41) is 0.699. The summed E-state index contributed by atoms with van der Waals surface area (Å²) in [5.41, 5.74) is 1.47. The Labute approximate surface area is 173 Å². The molecule has 2 heterocycles. The Morgan fingerprint density at radius 3 is 2.52 bits per heavy atom. The number of methoxy groups -OCH3 is 2. The number of aromatic nitrogens is 2. The van der Waals surface area contributed by atoms with Crippen molar-refractivity contribution in [2.75, 3.05) is 20.0 Å². The molecule has 150 valence electrons. The molecule has 0 aliphatic carbocycles. The molecule has 2 aromatic carbocycles. The Bertz CT molecular complexity index is 1060. The highest BCUT2D eigenvalue weighted by molar-refractivity contribution is 7.99. The topological polar surface area (TPSA) is 62.6 Å². The number of hydrogen-bond acceptors (Lipinski definition) is 6. The lowest BCUT2D eigenvalue weighted by Gasteiger charge is -2.20. The molecule has 0 N–H and O–H groups in total. The average molecular weight is 410 g/mol. The molecule has 0 radical (unpaired) electrons. The molecule has 0 unspecified atom stereocenters. The molecular weight excluding hydrogens is 388 g/mol. The summed E-state index contributed by atoms with van der Waals surface area (Å²) in [6.07, 6.45) is 1.37. The van der Waals surface area contributed by atoms with Gasteiger partial charge in [0, 0.05) is 18.7 Å². The van der Waals surface area contributed by atoms with Crippen molar-refractivity contribution in [3.63, 3.8) is 0 Å². The Hall–Kier alpha value is -2.93. The highest BCUT2D eigenvalue weighted by Crippen LogP contribution is 2.33. The van der Waals surface area contributed by atoms with Crippen LogP contribution in [0.15, 0.2) is 58.5 Å². The zero-order valence-corrected chi connectivity index (χ0v) is 17.2. The largest absolute Gasteiger partial charge is 0.497 e. The summed E-state index contributed by atoms with van der Waals surface area (Å²) in [6.45, 7) is 0.679. The minimum atomic E-state index is -0.0529. The zero-order valence-electron chi connectivity index (χ0n) is 16.4. The van der Waals surface area contributed by atoms with E-state index in [0.717, 1.165) is 23.5 Å². The van der Waals surface area contributed by atoms with Crippen molar-refractivity contribution in [2.24, 2.45) is 0 Å². The average Bonchev–Trinajstić information content (AvgIpc) is 2.77. The highest BCUT2D eigenvalue weighted by atomic mass is 32.2. The number of ether oxygens (including phenoxy) is 3. The quantitative estimate of drug-likeness (QED) is 0.569. The molecule has 1 aromatic heterocycles. The normalized spacial score (nSPS) is 12.9. The fraction of sp³-hybridized carbons (Fsp3) is 0.273. The Morgan fingerprint density at radius 1 is 1.03 bits per heavy atom. The van der Waals surface area contributed by atoms with Gasteiger partial charge in [-0.15, -0.1) is 0 Å². The van der Waals surface area contributed by atoms with Crippen LogP contribution in [-0.4, -0.2) is 29.5 Å². The van der Waals surface area contributed by atoms with Gasteiger partial charge in [0.1, 0.15) is 5.75 Å². The molecule has 0 bridgehead atoms. The first kappa shape index (κ1) is 19.4. The molecule has 0 saturated carbocycles. The highest BCUT2D eigenvalue weighted by Gasteiger charge is 2.22. The van der Waals surface area contributed by atoms with Crippen molar-refractivity contribution in [1.29, 1.82) is 0 Å². The smallest absolute Gasteiger partial charge is 0.261 e. The molecule has 0 saturated heterocycles.